The Morgan fingerprint density at radius 3 is 3.08 bits per heavy atom. The standard InChI is InChI=1S/C8H6ClNO2/c1-2-4-10-8(11)7-6(9)3-5-12-7/h1,3,5H,4H2,(H,10,11). The third-order valence-electron chi connectivity index (χ3n) is 1.17. The van der Waals surface area contributed by atoms with E-state index in [2.05, 4.69) is 11.2 Å². The smallest absolute Gasteiger partial charge is 0.289 e. The van der Waals surface area contributed by atoms with E-state index in [1.807, 2.05) is 0 Å². The molecule has 1 aromatic rings. The highest BCUT2D eigenvalue weighted by Crippen LogP contribution is 2.15. The van der Waals surface area contributed by atoms with Gasteiger partial charge in [0.1, 0.15) is 0 Å². The van der Waals surface area contributed by atoms with Crippen molar-refractivity contribution in [3.63, 3.8) is 0 Å². The predicted octanol–water partition coefficient (Wildman–Crippen LogP) is 1.30. The van der Waals surface area contributed by atoms with Crippen molar-refractivity contribution in [2.24, 2.45) is 0 Å². The van der Waals surface area contributed by atoms with Crippen molar-refractivity contribution in [3.8, 4) is 12.3 Å². The molecule has 4 heteroatoms. The first kappa shape index (κ1) is 8.69. The topological polar surface area (TPSA) is 42.2 Å². The first-order valence-electron chi connectivity index (χ1n) is 3.20. The van der Waals surface area contributed by atoms with Gasteiger partial charge in [-0.25, -0.2) is 0 Å². The van der Waals surface area contributed by atoms with Crippen LogP contribution in [0.4, 0.5) is 0 Å². The summed E-state index contributed by atoms with van der Waals surface area (Å²) in [7, 11) is 0. The Labute approximate surface area is 74.7 Å². The number of terminal acetylenes is 1. The number of rotatable bonds is 2. The number of carbonyl (C=O) groups is 1. The van der Waals surface area contributed by atoms with Gasteiger partial charge in [-0.3, -0.25) is 4.79 Å². The summed E-state index contributed by atoms with van der Waals surface area (Å²) >= 11 is 5.61. The van der Waals surface area contributed by atoms with Crippen LogP contribution in [-0.4, -0.2) is 12.5 Å². The molecule has 0 atom stereocenters. The van der Waals surface area contributed by atoms with Gasteiger partial charge in [-0.05, 0) is 6.07 Å². The highest BCUT2D eigenvalue weighted by atomic mass is 35.5. The lowest BCUT2D eigenvalue weighted by Crippen LogP contribution is -2.23. The number of carbonyl (C=O) groups excluding carboxylic acids is 1. The van der Waals surface area contributed by atoms with Gasteiger partial charge in [0.25, 0.3) is 5.91 Å². The molecule has 0 aromatic carbocycles. The fourth-order valence-electron chi connectivity index (χ4n) is 0.667. The third kappa shape index (κ3) is 1.80. The normalized spacial score (nSPS) is 9.00. The summed E-state index contributed by atoms with van der Waals surface area (Å²) in [6.07, 6.45) is 6.28. The van der Waals surface area contributed by atoms with Crippen molar-refractivity contribution in [3.05, 3.63) is 23.1 Å². The van der Waals surface area contributed by atoms with E-state index in [1.165, 1.54) is 12.3 Å². The SMILES string of the molecule is C#CCNC(=O)c1occc1Cl. The zero-order chi connectivity index (χ0) is 8.97. The van der Waals surface area contributed by atoms with Crippen LogP contribution in [0.25, 0.3) is 0 Å². The fourth-order valence-corrected chi connectivity index (χ4v) is 0.849. The average molecular weight is 184 g/mol. The second-order valence-electron chi connectivity index (χ2n) is 1.98. The van der Waals surface area contributed by atoms with Gasteiger partial charge in [0.05, 0.1) is 17.8 Å². The zero-order valence-corrected chi connectivity index (χ0v) is 6.89. The van der Waals surface area contributed by atoms with Crippen LogP contribution in [-0.2, 0) is 0 Å². The van der Waals surface area contributed by atoms with E-state index in [1.54, 1.807) is 0 Å². The number of furan rings is 1. The molecule has 12 heavy (non-hydrogen) atoms. The molecule has 0 bridgehead atoms. The van der Waals surface area contributed by atoms with Crippen LogP contribution in [0.15, 0.2) is 16.7 Å². The van der Waals surface area contributed by atoms with Gasteiger partial charge in [-0.15, -0.1) is 6.42 Å². The van der Waals surface area contributed by atoms with Gasteiger partial charge < -0.3 is 9.73 Å². The number of nitrogens with one attached hydrogen (secondary N) is 1. The molecule has 0 fully saturated rings. The molecular formula is C8H6ClNO2. The molecule has 1 heterocycles. The molecule has 1 amide bonds. The Morgan fingerprint density at radius 2 is 2.58 bits per heavy atom. The number of halogens is 1. The molecule has 0 saturated carbocycles. The van der Waals surface area contributed by atoms with E-state index in [9.17, 15) is 4.79 Å². The summed E-state index contributed by atoms with van der Waals surface area (Å²) in [6.45, 7) is 0.163. The second kappa shape index (κ2) is 3.84. The van der Waals surface area contributed by atoms with E-state index in [-0.39, 0.29) is 17.3 Å². The van der Waals surface area contributed by atoms with Crippen molar-refractivity contribution >= 4 is 17.5 Å². The molecule has 1 N–H and O–H groups in total. The summed E-state index contributed by atoms with van der Waals surface area (Å²) in [5, 5.41) is 2.70. The van der Waals surface area contributed by atoms with Crippen molar-refractivity contribution in [1.29, 1.82) is 0 Å². The van der Waals surface area contributed by atoms with E-state index in [4.69, 9.17) is 22.4 Å². The molecule has 62 valence electrons. The maximum atomic E-state index is 11.1. The van der Waals surface area contributed by atoms with Crippen LogP contribution in [0.5, 0.6) is 0 Å². The first-order valence-corrected chi connectivity index (χ1v) is 3.58. The van der Waals surface area contributed by atoms with Crippen LogP contribution in [0.2, 0.25) is 5.02 Å². The molecule has 0 spiro atoms. The molecule has 0 aliphatic rings. The van der Waals surface area contributed by atoms with Gasteiger partial charge in [0.2, 0.25) is 5.76 Å². The van der Waals surface area contributed by atoms with Crippen LogP contribution in [0, 0.1) is 12.3 Å². The maximum absolute atomic E-state index is 11.1. The minimum atomic E-state index is -0.400. The van der Waals surface area contributed by atoms with E-state index < -0.39 is 5.91 Å². The minimum absolute atomic E-state index is 0.0897. The van der Waals surface area contributed by atoms with E-state index >= 15 is 0 Å². The van der Waals surface area contributed by atoms with E-state index in [0.29, 0.717) is 0 Å². The van der Waals surface area contributed by atoms with Crippen LogP contribution in [0.1, 0.15) is 10.6 Å². The Morgan fingerprint density at radius 1 is 1.83 bits per heavy atom. The lowest BCUT2D eigenvalue weighted by Gasteiger charge is -1.96. The molecule has 0 aliphatic carbocycles. The maximum Gasteiger partial charge on any atom is 0.289 e. The lowest BCUT2D eigenvalue weighted by atomic mass is 10.4. The molecule has 1 aromatic heterocycles. The zero-order valence-electron chi connectivity index (χ0n) is 6.13. The molecule has 0 unspecified atom stereocenters. The van der Waals surface area contributed by atoms with Crippen molar-refractivity contribution in [2.75, 3.05) is 6.54 Å². The summed E-state index contributed by atoms with van der Waals surface area (Å²) < 4.78 is 4.81. The molecule has 3 nitrogen and oxygen atoms in total. The Hall–Kier alpha value is -1.40. The van der Waals surface area contributed by atoms with Gasteiger partial charge in [0, 0.05) is 0 Å². The van der Waals surface area contributed by atoms with Crippen molar-refractivity contribution in [2.45, 2.75) is 0 Å². The van der Waals surface area contributed by atoms with Gasteiger partial charge in [-0.2, -0.15) is 0 Å². The highest BCUT2D eigenvalue weighted by molar-refractivity contribution is 6.33. The predicted molar refractivity (Wildman–Crippen MR) is 44.9 cm³/mol. The first-order chi connectivity index (χ1) is 5.75. The van der Waals surface area contributed by atoms with Crippen molar-refractivity contribution < 1.29 is 9.21 Å². The Bertz CT molecular complexity index is 324. The molecular weight excluding hydrogens is 178 g/mol. The monoisotopic (exact) mass is 183 g/mol. The number of amides is 1. The minimum Gasteiger partial charge on any atom is -0.458 e. The third-order valence-corrected chi connectivity index (χ3v) is 1.47. The lowest BCUT2D eigenvalue weighted by molar-refractivity contribution is 0.0931. The molecule has 1 rings (SSSR count). The molecule has 0 saturated heterocycles. The van der Waals surface area contributed by atoms with Crippen LogP contribution < -0.4 is 5.32 Å². The number of hydrogen-bond acceptors (Lipinski definition) is 2. The van der Waals surface area contributed by atoms with Crippen LogP contribution >= 0.6 is 11.6 Å². The van der Waals surface area contributed by atoms with E-state index in [0.717, 1.165) is 0 Å². The summed E-state index contributed by atoms with van der Waals surface area (Å²) in [4.78, 5) is 11.1. The molecule has 0 aliphatic heterocycles. The number of hydrogen-bond donors (Lipinski definition) is 1. The highest BCUT2D eigenvalue weighted by Gasteiger charge is 2.12. The second-order valence-corrected chi connectivity index (χ2v) is 2.39. The van der Waals surface area contributed by atoms with Gasteiger partial charge in [-0.1, -0.05) is 17.5 Å². The summed E-state index contributed by atoms with van der Waals surface area (Å²) in [5.74, 6) is 1.95. The van der Waals surface area contributed by atoms with Crippen LogP contribution in [0.3, 0.4) is 0 Å². The largest absolute Gasteiger partial charge is 0.458 e. The van der Waals surface area contributed by atoms with Crippen molar-refractivity contribution in [1.82, 2.24) is 5.32 Å². The fraction of sp³-hybridized carbons (Fsp3) is 0.125. The van der Waals surface area contributed by atoms with Gasteiger partial charge >= 0.3 is 0 Å². The Kier molecular flexibility index (Phi) is 2.78. The quantitative estimate of drug-likeness (QED) is 0.703. The molecule has 0 radical (unpaired) electrons. The average Bonchev–Trinajstić information content (AvgIpc) is 2.47. The summed E-state index contributed by atoms with van der Waals surface area (Å²) in [5.41, 5.74) is 0. The Balaban J connectivity index is 2.67. The van der Waals surface area contributed by atoms with Gasteiger partial charge in [0.15, 0.2) is 0 Å². The summed E-state index contributed by atoms with van der Waals surface area (Å²) in [6, 6.07) is 1.49.